The SMILES string of the molecule is CCNC(=NCc1cccc2cccnc12)NC1CCN(c2cccs2)CC1. The normalized spacial score (nSPS) is 15.8. The van der Waals surface area contributed by atoms with Gasteiger partial charge in [-0.05, 0) is 48.9 Å². The molecule has 0 aliphatic carbocycles. The van der Waals surface area contributed by atoms with Gasteiger partial charge in [-0.2, -0.15) is 0 Å². The first kappa shape index (κ1) is 18.7. The molecule has 2 aromatic heterocycles. The van der Waals surface area contributed by atoms with Gasteiger partial charge in [0, 0.05) is 37.3 Å². The molecule has 1 aliphatic rings. The van der Waals surface area contributed by atoms with E-state index >= 15 is 0 Å². The van der Waals surface area contributed by atoms with Crippen molar-refractivity contribution in [2.45, 2.75) is 32.4 Å². The second-order valence-electron chi connectivity index (χ2n) is 7.04. The molecule has 3 aromatic rings. The van der Waals surface area contributed by atoms with E-state index in [-0.39, 0.29) is 0 Å². The number of aliphatic imine (C=N–C) groups is 1. The van der Waals surface area contributed by atoms with Gasteiger partial charge >= 0.3 is 0 Å². The molecule has 0 unspecified atom stereocenters. The first-order valence-electron chi connectivity index (χ1n) is 9.99. The number of nitrogens with one attached hydrogen (secondary N) is 2. The summed E-state index contributed by atoms with van der Waals surface area (Å²) >= 11 is 1.82. The van der Waals surface area contributed by atoms with Crippen molar-refractivity contribution in [2.75, 3.05) is 24.5 Å². The zero-order chi connectivity index (χ0) is 19.2. The number of aromatic nitrogens is 1. The molecule has 0 spiro atoms. The monoisotopic (exact) mass is 393 g/mol. The molecule has 1 saturated heterocycles. The first-order valence-corrected chi connectivity index (χ1v) is 10.9. The smallest absolute Gasteiger partial charge is 0.191 e. The van der Waals surface area contributed by atoms with Crippen molar-refractivity contribution >= 4 is 33.2 Å². The number of benzene rings is 1. The maximum atomic E-state index is 4.84. The molecule has 0 radical (unpaired) electrons. The Morgan fingerprint density at radius 3 is 2.82 bits per heavy atom. The van der Waals surface area contributed by atoms with Crippen molar-refractivity contribution in [2.24, 2.45) is 4.99 Å². The lowest BCUT2D eigenvalue weighted by atomic mass is 10.1. The largest absolute Gasteiger partial charge is 0.363 e. The van der Waals surface area contributed by atoms with Gasteiger partial charge in [0.15, 0.2) is 5.96 Å². The average molecular weight is 394 g/mol. The summed E-state index contributed by atoms with van der Waals surface area (Å²) in [6, 6.07) is 15.2. The number of hydrogen-bond donors (Lipinski definition) is 2. The van der Waals surface area contributed by atoms with Crippen LogP contribution in [0.2, 0.25) is 0 Å². The van der Waals surface area contributed by atoms with Gasteiger partial charge in [0.2, 0.25) is 0 Å². The number of piperidine rings is 1. The van der Waals surface area contributed by atoms with E-state index in [1.54, 1.807) is 0 Å². The van der Waals surface area contributed by atoms with Crippen LogP contribution in [0.1, 0.15) is 25.3 Å². The van der Waals surface area contributed by atoms with Crippen LogP contribution < -0.4 is 15.5 Å². The fourth-order valence-corrected chi connectivity index (χ4v) is 4.45. The second kappa shape index (κ2) is 9.06. The van der Waals surface area contributed by atoms with Gasteiger partial charge in [-0.3, -0.25) is 4.98 Å². The topological polar surface area (TPSA) is 52.6 Å². The van der Waals surface area contributed by atoms with E-state index in [1.807, 2.05) is 23.6 Å². The van der Waals surface area contributed by atoms with Crippen molar-refractivity contribution in [1.82, 2.24) is 15.6 Å². The summed E-state index contributed by atoms with van der Waals surface area (Å²) in [5, 5.41) is 11.7. The molecule has 0 amide bonds. The standard InChI is InChI=1S/C22H27N5S/c1-2-23-22(25-16-18-7-3-6-17-8-4-12-24-21(17)18)26-19-10-13-27(14-11-19)20-9-5-15-28-20/h3-9,12,15,19H,2,10-11,13-14,16H2,1H3,(H2,23,25,26). The van der Waals surface area contributed by atoms with Crippen LogP contribution in [-0.2, 0) is 6.54 Å². The van der Waals surface area contributed by atoms with Crippen molar-refractivity contribution in [1.29, 1.82) is 0 Å². The van der Waals surface area contributed by atoms with Crippen molar-refractivity contribution < 1.29 is 0 Å². The van der Waals surface area contributed by atoms with Crippen LogP contribution in [0.25, 0.3) is 10.9 Å². The Kier molecular flexibility index (Phi) is 6.07. The average Bonchev–Trinajstić information content (AvgIpc) is 3.27. The molecule has 1 aromatic carbocycles. The van der Waals surface area contributed by atoms with E-state index in [1.165, 1.54) is 5.00 Å². The molecular formula is C22H27N5S. The minimum absolute atomic E-state index is 0.458. The van der Waals surface area contributed by atoms with Crippen LogP contribution in [0, 0.1) is 0 Å². The Labute approximate surface area is 170 Å². The van der Waals surface area contributed by atoms with Gasteiger partial charge in [0.05, 0.1) is 17.1 Å². The predicted octanol–water partition coefficient (Wildman–Crippen LogP) is 4.02. The molecular weight excluding hydrogens is 366 g/mol. The highest BCUT2D eigenvalue weighted by atomic mass is 32.1. The summed E-state index contributed by atoms with van der Waals surface area (Å²) in [6.07, 6.45) is 4.09. The third-order valence-corrected chi connectivity index (χ3v) is 6.05. The molecule has 28 heavy (non-hydrogen) atoms. The highest BCUT2D eigenvalue weighted by Crippen LogP contribution is 2.24. The molecule has 0 saturated carbocycles. The van der Waals surface area contributed by atoms with Gasteiger partial charge < -0.3 is 15.5 Å². The summed E-state index contributed by atoms with van der Waals surface area (Å²) in [5.41, 5.74) is 2.19. The van der Waals surface area contributed by atoms with Crippen LogP contribution in [0.15, 0.2) is 59.0 Å². The fourth-order valence-electron chi connectivity index (χ4n) is 3.67. The van der Waals surface area contributed by atoms with Crippen LogP contribution in [0.3, 0.4) is 0 Å². The number of rotatable bonds is 5. The highest BCUT2D eigenvalue weighted by molar-refractivity contribution is 7.14. The van der Waals surface area contributed by atoms with Crippen LogP contribution >= 0.6 is 11.3 Å². The summed E-state index contributed by atoms with van der Waals surface area (Å²) < 4.78 is 0. The maximum Gasteiger partial charge on any atom is 0.191 e. The second-order valence-corrected chi connectivity index (χ2v) is 7.97. The van der Waals surface area contributed by atoms with Crippen molar-refractivity contribution in [3.05, 3.63) is 59.6 Å². The Bertz CT molecular complexity index is 908. The summed E-state index contributed by atoms with van der Waals surface area (Å²) in [6.45, 7) is 5.76. The van der Waals surface area contributed by atoms with Crippen LogP contribution in [-0.4, -0.2) is 36.6 Å². The molecule has 0 bridgehead atoms. The van der Waals surface area contributed by atoms with E-state index in [4.69, 9.17) is 4.99 Å². The molecule has 3 heterocycles. The summed E-state index contributed by atoms with van der Waals surface area (Å²) in [5.74, 6) is 0.894. The fraction of sp³-hybridized carbons (Fsp3) is 0.364. The number of hydrogen-bond acceptors (Lipinski definition) is 4. The van der Waals surface area contributed by atoms with E-state index in [2.05, 4.69) is 69.2 Å². The highest BCUT2D eigenvalue weighted by Gasteiger charge is 2.20. The zero-order valence-electron chi connectivity index (χ0n) is 16.3. The zero-order valence-corrected chi connectivity index (χ0v) is 17.1. The van der Waals surface area contributed by atoms with Crippen molar-refractivity contribution in [3.8, 4) is 0 Å². The third-order valence-electron chi connectivity index (χ3n) is 5.12. The molecule has 1 fully saturated rings. The number of guanidine groups is 1. The number of nitrogens with zero attached hydrogens (tertiary/aromatic N) is 3. The van der Waals surface area contributed by atoms with E-state index < -0.39 is 0 Å². The molecule has 6 heteroatoms. The quantitative estimate of drug-likeness (QED) is 0.508. The number of fused-ring (bicyclic) bond motifs is 1. The lowest BCUT2D eigenvalue weighted by Crippen LogP contribution is -2.48. The van der Waals surface area contributed by atoms with Gasteiger partial charge in [-0.15, -0.1) is 11.3 Å². The minimum atomic E-state index is 0.458. The molecule has 2 N–H and O–H groups in total. The van der Waals surface area contributed by atoms with Gasteiger partial charge in [0.25, 0.3) is 0 Å². The maximum absolute atomic E-state index is 4.84. The van der Waals surface area contributed by atoms with E-state index in [9.17, 15) is 0 Å². The minimum Gasteiger partial charge on any atom is -0.363 e. The summed E-state index contributed by atoms with van der Waals surface area (Å²) in [7, 11) is 0. The number of thiophene rings is 1. The molecule has 4 rings (SSSR count). The molecule has 5 nitrogen and oxygen atoms in total. The first-order chi connectivity index (χ1) is 13.8. The van der Waals surface area contributed by atoms with Gasteiger partial charge in [0.1, 0.15) is 0 Å². The summed E-state index contributed by atoms with van der Waals surface area (Å²) in [4.78, 5) is 11.9. The van der Waals surface area contributed by atoms with Gasteiger partial charge in [-0.1, -0.05) is 24.3 Å². The Hall–Kier alpha value is -2.60. The van der Waals surface area contributed by atoms with Crippen LogP contribution in [0.4, 0.5) is 5.00 Å². The van der Waals surface area contributed by atoms with Gasteiger partial charge in [-0.25, -0.2) is 4.99 Å². The molecule has 146 valence electrons. The number of anilines is 1. The van der Waals surface area contributed by atoms with E-state index in [0.717, 1.165) is 54.9 Å². The Morgan fingerprint density at radius 2 is 2.04 bits per heavy atom. The lowest BCUT2D eigenvalue weighted by molar-refractivity contribution is 0.463. The lowest BCUT2D eigenvalue weighted by Gasteiger charge is -2.33. The van der Waals surface area contributed by atoms with E-state index in [0.29, 0.717) is 12.6 Å². The Balaban J connectivity index is 1.40. The number of para-hydroxylation sites is 1. The Morgan fingerprint density at radius 1 is 1.18 bits per heavy atom. The van der Waals surface area contributed by atoms with Crippen LogP contribution in [0.5, 0.6) is 0 Å². The van der Waals surface area contributed by atoms with Crippen molar-refractivity contribution in [3.63, 3.8) is 0 Å². The third kappa shape index (κ3) is 4.44. The molecule has 1 aliphatic heterocycles. The number of pyridine rings is 1. The predicted molar refractivity (Wildman–Crippen MR) is 119 cm³/mol. The molecule has 0 atom stereocenters.